The van der Waals surface area contributed by atoms with Gasteiger partial charge in [-0.3, -0.25) is 4.79 Å². The molecule has 1 amide bonds. The van der Waals surface area contributed by atoms with E-state index in [1.807, 2.05) is 45.0 Å². The van der Waals surface area contributed by atoms with Gasteiger partial charge in [-0.05, 0) is 25.6 Å². The molecule has 0 aliphatic carbocycles. The van der Waals surface area contributed by atoms with Gasteiger partial charge < -0.3 is 15.5 Å². The number of hydrogen-bond acceptors (Lipinski definition) is 4. The summed E-state index contributed by atoms with van der Waals surface area (Å²) in [7, 11) is 3.86. The monoisotopic (exact) mass is 250 g/mol. The maximum atomic E-state index is 11.7. The molecule has 1 rings (SSSR count). The number of pyridine rings is 1. The van der Waals surface area contributed by atoms with Crippen LogP contribution in [0.25, 0.3) is 0 Å². The smallest absolute Gasteiger partial charge is 0.225 e. The number of carbonyl (C=O) groups excluding carboxylic acids is 1. The number of carbonyl (C=O) groups is 1. The van der Waals surface area contributed by atoms with E-state index in [1.54, 1.807) is 6.20 Å². The first-order valence-electron chi connectivity index (χ1n) is 6.19. The highest BCUT2D eigenvalue weighted by Gasteiger charge is 2.08. The zero-order valence-electron chi connectivity index (χ0n) is 11.5. The highest BCUT2D eigenvalue weighted by molar-refractivity contribution is 5.90. The Hall–Kier alpha value is -1.62. The fourth-order valence-corrected chi connectivity index (χ4v) is 1.64. The van der Waals surface area contributed by atoms with Crippen LogP contribution in [0.4, 0.5) is 11.5 Å². The molecule has 0 saturated carbocycles. The topological polar surface area (TPSA) is 57.3 Å². The lowest BCUT2D eigenvalue weighted by Gasteiger charge is -2.13. The number of aromatic nitrogens is 1. The van der Waals surface area contributed by atoms with E-state index in [-0.39, 0.29) is 11.9 Å². The Balaban J connectivity index is 2.49. The molecule has 0 bridgehead atoms. The average molecular weight is 250 g/mol. The molecule has 0 fully saturated rings. The summed E-state index contributed by atoms with van der Waals surface area (Å²) in [5.41, 5.74) is 0.731. The quantitative estimate of drug-likeness (QED) is 0.803. The summed E-state index contributed by atoms with van der Waals surface area (Å²) in [4.78, 5) is 17.9. The van der Waals surface area contributed by atoms with Gasteiger partial charge in [-0.25, -0.2) is 4.98 Å². The van der Waals surface area contributed by atoms with Gasteiger partial charge in [0.25, 0.3) is 0 Å². The van der Waals surface area contributed by atoms with Crippen LogP contribution < -0.4 is 15.5 Å². The number of hydrogen-bond donors (Lipinski definition) is 2. The Kier molecular flexibility index (Phi) is 5.58. The molecule has 5 nitrogen and oxygen atoms in total. The van der Waals surface area contributed by atoms with Crippen molar-refractivity contribution in [2.24, 2.45) is 0 Å². The lowest BCUT2D eigenvalue weighted by molar-refractivity contribution is -0.116. The van der Waals surface area contributed by atoms with Crippen LogP contribution in [0.2, 0.25) is 0 Å². The molecule has 1 aromatic heterocycles. The zero-order chi connectivity index (χ0) is 13.5. The molecule has 100 valence electrons. The average Bonchev–Trinajstić information content (AvgIpc) is 2.29. The fourth-order valence-electron chi connectivity index (χ4n) is 1.64. The Bertz CT molecular complexity index is 375. The second-order valence-electron chi connectivity index (χ2n) is 4.51. The van der Waals surface area contributed by atoms with Gasteiger partial charge in [-0.2, -0.15) is 0 Å². The van der Waals surface area contributed by atoms with Crippen molar-refractivity contribution in [2.45, 2.75) is 26.3 Å². The van der Waals surface area contributed by atoms with Crippen LogP contribution in [0.15, 0.2) is 18.3 Å². The number of rotatable bonds is 6. The highest BCUT2D eigenvalue weighted by Crippen LogP contribution is 2.12. The first-order chi connectivity index (χ1) is 8.52. The molecule has 0 aromatic carbocycles. The van der Waals surface area contributed by atoms with Crippen molar-refractivity contribution in [3.8, 4) is 0 Å². The molecular formula is C13H22N4O. The Morgan fingerprint density at radius 3 is 2.67 bits per heavy atom. The molecule has 0 spiro atoms. The lowest BCUT2D eigenvalue weighted by atomic mass is 10.2. The van der Waals surface area contributed by atoms with E-state index in [4.69, 9.17) is 0 Å². The van der Waals surface area contributed by atoms with Gasteiger partial charge in [0.1, 0.15) is 5.82 Å². The van der Waals surface area contributed by atoms with Crippen LogP contribution in [0.3, 0.4) is 0 Å². The van der Waals surface area contributed by atoms with Crippen molar-refractivity contribution >= 4 is 17.4 Å². The van der Waals surface area contributed by atoms with Gasteiger partial charge in [0.2, 0.25) is 5.91 Å². The molecule has 1 atom stereocenters. The van der Waals surface area contributed by atoms with Gasteiger partial charge in [0, 0.05) is 26.6 Å². The second-order valence-corrected chi connectivity index (χ2v) is 4.51. The molecule has 18 heavy (non-hydrogen) atoms. The summed E-state index contributed by atoms with van der Waals surface area (Å²) in [6.45, 7) is 4.89. The summed E-state index contributed by atoms with van der Waals surface area (Å²) in [6, 6.07) is 3.92. The summed E-state index contributed by atoms with van der Waals surface area (Å²) in [5.74, 6) is 0.872. The van der Waals surface area contributed by atoms with Crippen molar-refractivity contribution in [1.29, 1.82) is 0 Å². The number of nitrogens with one attached hydrogen (secondary N) is 2. The maximum Gasteiger partial charge on any atom is 0.225 e. The molecule has 1 heterocycles. The van der Waals surface area contributed by atoms with Crippen LogP contribution >= 0.6 is 0 Å². The van der Waals surface area contributed by atoms with Gasteiger partial charge in [0.15, 0.2) is 0 Å². The van der Waals surface area contributed by atoms with Crippen LogP contribution in [0.1, 0.15) is 20.3 Å². The van der Waals surface area contributed by atoms with E-state index >= 15 is 0 Å². The minimum atomic E-state index is 0.00264. The minimum Gasteiger partial charge on any atom is -0.363 e. The third-order valence-electron chi connectivity index (χ3n) is 2.53. The summed E-state index contributed by atoms with van der Waals surface area (Å²) >= 11 is 0. The van der Waals surface area contributed by atoms with Crippen molar-refractivity contribution in [1.82, 2.24) is 10.3 Å². The van der Waals surface area contributed by atoms with Gasteiger partial charge in [-0.1, -0.05) is 6.92 Å². The van der Waals surface area contributed by atoms with Gasteiger partial charge in [0.05, 0.1) is 11.9 Å². The largest absolute Gasteiger partial charge is 0.363 e. The third-order valence-corrected chi connectivity index (χ3v) is 2.53. The van der Waals surface area contributed by atoms with Crippen molar-refractivity contribution in [3.05, 3.63) is 18.3 Å². The second kappa shape index (κ2) is 6.96. The first kappa shape index (κ1) is 14.4. The van der Waals surface area contributed by atoms with Crippen LogP contribution in [-0.4, -0.2) is 37.6 Å². The van der Waals surface area contributed by atoms with E-state index in [9.17, 15) is 4.79 Å². The Labute approximate surface area is 109 Å². The Morgan fingerprint density at radius 2 is 2.17 bits per heavy atom. The summed E-state index contributed by atoms with van der Waals surface area (Å²) in [5, 5.41) is 6.04. The van der Waals surface area contributed by atoms with Crippen LogP contribution in [-0.2, 0) is 4.79 Å². The third kappa shape index (κ3) is 4.71. The van der Waals surface area contributed by atoms with E-state index < -0.39 is 0 Å². The molecule has 0 saturated heterocycles. The maximum absolute atomic E-state index is 11.7. The molecule has 2 N–H and O–H groups in total. The first-order valence-corrected chi connectivity index (χ1v) is 6.19. The highest BCUT2D eigenvalue weighted by atomic mass is 16.1. The van der Waals surface area contributed by atoms with E-state index in [0.29, 0.717) is 6.42 Å². The van der Waals surface area contributed by atoms with E-state index in [2.05, 4.69) is 15.6 Å². The van der Waals surface area contributed by atoms with Crippen LogP contribution in [0.5, 0.6) is 0 Å². The molecule has 0 aliphatic heterocycles. The van der Waals surface area contributed by atoms with Crippen LogP contribution in [0, 0.1) is 0 Å². The van der Waals surface area contributed by atoms with Gasteiger partial charge >= 0.3 is 0 Å². The van der Waals surface area contributed by atoms with Crippen molar-refractivity contribution in [2.75, 3.05) is 30.9 Å². The van der Waals surface area contributed by atoms with Crippen molar-refractivity contribution in [3.63, 3.8) is 0 Å². The SMILES string of the molecule is CCNC(C)CC(=O)Nc1ccc(N(C)C)nc1. The number of amides is 1. The van der Waals surface area contributed by atoms with E-state index in [0.717, 1.165) is 18.1 Å². The fraction of sp³-hybridized carbons (Fsp3) is 0.538. The van der Waals surface area contributed by atoms with Crippen molar-refractivity contribution < 1.29 is 4.79 Å². The minimum absolute atomic E-state index is 0.00264. The molecule has 0 aliphatic rings. The predicted octanol–water partition coefficient (Wildman–Crippen LogP) is 1.47. The predicted molar refractivity (Wildman–Crippen MR) is 74.9 cm³/mol. The molecule has 1 unspecified atom stereocenters. The normalized spacial score (nSPS) is 12.0. The Morgan fingerprint density at radius 1 is 1.44 bits per heavy atom. The number of nitrogens with zero attached hydrogens (tertiary/aromatic N) is 2. The number of anilines is 2. The van der Waals surface area contributed by atoms with E-state index in [1.165, 1.54) is 0 Å². The standard InChI is InChI=1S/C13H22N4O/c1-5-14-10(2)8-13(18)16-11-6-7-12(15-9-11)17(3)4/h6-7,9-10,14H,5,8H2,1-4H3,(H,16,18). The van der Waals surface area contributed by atoms with Gasteiger partial charge in [-0.15, -0.1) is 0 Å². The molecule has 0 radical (unpaired) electrons. The zero-order valence-corrected chi connectivity index (χ0v) is 11.5. The summed E-state index contributed by atoms with van der Waals surface area (Å²) < 4.78 is 0. The molecule has 1 aromatic rings. The molecule has 5 heteroatoms. The molecular weight excluding hydrogens is 228 g/mol. The summed E-state index contributed by atoms with van der Waals surface area (Å²) in [6.07, 6.45) is 2.13. The lowest BCUT2D eigenvalue weighted by Crippen LogP contribution is -2.30.